The van der Waals surface area contributed by atoms with Gasteiger partial charge in [0.25, 0.3) is 0 Å². The molecule has 0 atom stereocenters. The Bertz CT molecular complexity index is 3590. The molecule has 2 aliphatic rings. The Kier molecular flexibility index (Phi) is 8.33. The van der Waals surface area contributed by atoms with Crippen LogP contribution in [-0.2, 0) is 10.8 Å². The first-order chi connectivity index (χ1) is 32.3. The summed E-state index contributed by atoms with van der Waals surface area (Å²) in [5, 5.41) is 9.61. The third-order valence-electron chi connectivity index (χ3n) is 14.8. The molecule has 0 aromatic heterocycles. The highest BCUT2D eigenvalue weighted by Gasteiger charge is 2.37. The highest BCUT2D eigenvalue weighted by Crippen LogP contribution is 2.56. The fraction of sp³-hybridized carbons (Fsp3) is 0.0938. The molecule has 314 valence electrons. The number of rotatable bonds is 4. The summed E-state index contributed by atoms with van der Waals surface area (Å²) in [6.45, 7) is 9.26. The average Bonchev–Trinajstić information content (AvgIpc) is 3.35. The third-order valence-corrected chi connectivity index (χ3v) is 14.8. The Morgan fingerprint density at radius 3 is 1.08 bits per heavy atom. The fourth-order valence-electron chi connectivity index (χ4n) is 11.6. The minimum Gasteiger partial charge on any atom is -0.456 e. The fourth-order valence-corrected chi connectivity index (χ4v) is 11.6. The molecule has 0 bridgehead atoms. The molecule has 2 heteroatoms. The minimum absolute atomic E-state index is 0.257. The van der Waals surface area contributed by atoms with E-state index in [9.17, 15) is 0 Å². The highest BCUT2D eigenvalue weighted by molar-refractivity contribution is 6.29. The molecule has 0 spiro atoms. The lowest BCUT2D eigenvalue weighted by Gasteiger charge is -2.35. The maximum Gasteiger partial charge on any atom is 0.139 e. The van der Waals surface area contributed by atoms with Gasteiger partial charge >= 0.3 is 0 Å². The Hall–Kier alpha value is -7.94. The summed E-state index contributed by atoms with van der Waals surface area (Å²) in [5.74, 6) is 3.65. The molecule has 0 fully saturated rings. The molecule has 0 unspecified atom stereocenters. The van der Waals surface area contributed by atoms with Crippen LogP contribution in [0.25, 0.3) is 87.6 Å². The van der Waals surface area contributed by atoms with Gasteiger partial charge in [-0.05, 0) is 94.7 Å². The van der Waals surface area contributed by atoms with E-state index in [2.05, 4.69) is 234 Å². The molecule has 2 aliphatic heterocycles. The number of hydrogen-bond acceptors (Lipinski definition) is 2. The summed E-state index contributed by atoms with van der Waals surface area (Å²) >= 11 is 0. The number of benzene rings is 11. The van der Waals surface area contributed by atoms with Gasteiger partial charge in [0.05, 0.1) is 0 Å². The van der Waals surface area contributed by atoms with Crippen molar-refractivity contribution in [1.29, 1.82) is 0 Å². The largest absolute Gasteiger partial charge is 0.456 e. The van der Waals surface area contributed by atoms with E-state index < -0.39 is 0 Å². The van der Waals surface area contributed by atoms with Crippen LogP contribution in [0.1, 0.15) is 49.9 Å². The SMILES string of the molecule is CC1(C)c2ccccc2Oc2c(-c3cccc4c(-c5c6ccccc6c(-c6ccccc6)c6ccccc56)c5cccc(-c6cccc7c6Oc6ccccc6C7(C)C)c5cc34)cccc21. The zero-order chi connectivity index (χ0) is 44.3. The molecule has 0 amide bonds. The lowest BCUT2D eigenvalue weighted by molar-refractivity contribution is 0.419. The van der Waals surface area contributed by atoms with Crippen molar-refractivity contribution in [3.8, 4) is 67.5 Å². The second-order valence-electron chi connectivity index (χ2n) is 19.1. The van der Waals surface area contributed by atoms with E-state index in [4.69, 9.17) is 9.47 Å². The molecule has 11 aromatic carbocycles. The predicted molar refractivity (Wildman–Crippen MR) is 275 cm³/mol. The van der Waals surface area contributed by atoms with E-state index in [0.29, 0.717) is 0 Å². The molecular weight excluding hydrogens is 801 g/mol. The molecule has 0 N–H and O–H groups in total. The normalized spacial score (nSPS) is 14.2. The van der Waals surface area contributed by atoms with Crippen LogP contribution >= 0.6 is 0 Å². The van der Waals surface area contributed by atoms with Gasteiger partial charge < -0.3 is 9.47 Å². The number of para-hydroxylation sites is 4. The van der Waals surface area contributed by atoms with E-state index in [1.165, 1.54) is 76.8 Å². The zero-order valence-corrected chi connectivity index (χ0v) is 37.4. The Morgan fingerprint density at radius 1 is 0.273 bits per heavy atom. The van der Waals surface area contributed by atoms with Crippen LogP contribution in [0.15, 0.2) is 206 Å². The molecule has 2 heterocycles. The molecular formula is C64H46O2. The van der Waals surface area contributed by atoms with E-state index in [1.807, 2.05) is 0 Å². The van der Waals surface area contributed by atoms with Crippen LogP contribution in [0.4, 0.5) is 0 Å². The van der Waals surface area contributed by atoms with Crippen molar-refractivity contribution in [3.63, 3.8) is 0 Å². The standard InChI is InChI=1S/C64H46O2/c1-63(2)52-32-12-14-36-56(52)65-61-48(30-18-34-54(61)63)40-26-16-28-46-50(40)38-51-41(49-31-19-35-55-62(49)66-57-37-15-13-33-53(57)64(55,3)4)27-17-29-47(51)60(46)59-44-24-10-8-22-42(44)58(39-20-6-5-7-21-39)43-23-9-11-25-45(43)59/h5-38H,1-4H3. The summed E-state index contributed by atoms with van der Waals surface area (Å²) in [5.41, 5.74) is 13.6. The quantitative estimate of drug-likeness (QED) is 0.164. The maximum atomic E-state index is 7.01. The first-order valence-corrected chi connectivity index (χ1v) is 23.1. The number of ether oxygens (including phenoxy) is 2. The van der Waals surface area contributed by atoms with Gasteiger partial charge in [-0.1, -0.05) is 216 Å². The van der Waals surface area contributed by atoms with Crippen molar-refractivity contribution < 1.29 is 9.47 Å². The Morgan fingerprint density at radius 2 is 0.606 bits per heavy atom. The van der Waals surface area contributed by atoms with E-state index in [-0.39, 0.29) is 10.8 Å². The van der Waals surface area contributed by atoms with Crippen molar-refractivity contribution >= 4 is 43.1 Å². The lowest BCUT2D eigenvalue weighted by Crippen LogP contribution is -2.24. The molecule has 66 heavy (non-hydrogen) atoms. The van der Waals surface area contributed by atoms with Gasteiger partial charge in [-0.15, -0.1) is 0 Å². The van der Waals surface area contributed by atoms with Gasteiger partial charge in [-0.25, -0.2) is 0 Å². The van der Waals surface area contributed by atoms with Crippen molar-refractivity contribution in [3.05, 3.63) is 229 Å². The Labute approximate surface area is 385 Å². The second-order valence-corrected chi connectivity index (χ2v) is 19.1. The predicted octanol–water partition coefficient (Wildman–Crippen LogP) is 17.8. The topological polar surface area (TPSA) is 18.5 Å². The lowest BCUT2D eigenvalue weighted by atomic mass is 9.74. The van der Waals surface area contributed by atoms with Crippen molar-refractivity contribution in [2.24, 2.45) is 0 Å². The van der Waals surface area contributed by atoms with Crippen LogP contribution in [0, 0.1) is 0 Å². The molecule has 2 nitrogen and oxygen atoms in total. The smallest absolute Gasteiger partial charge is 0.139 e. The summed E-state index contributed by atoms with van der Waals surface area (Å²) < 4.78 is 14.0. The van der Waals surface area contributed by atoms with E-state index in [1.54, 1.807) is 0 Å². The highest BCUT2D eigenvalue weighted by atomic mass is 16.5. The molecule has 0 saturated heterocycles. The van der Waals surface area contributed by atoms with E-state index >= 15 is 0 Å². The van der Waals surface area contributed by atoms with Crippen LogP contribution in [-0.4, -0.2) is 0 Å². The first-order valence-electron chi connectivity index (χ1n) is 23.1. The van der Waals surface area contributed by atoms with Gasteiger partial charge in [0.2, 0.25) is 0 Å². The van der Waals surface area contributed by atoms with Gasteiger partial charge in [-0.3, -0.25) is 0 Å². The third kappa shape index (κ3) is 5.48. The molecule has 13 rings (SSSR count). The summed E-state index contributed by atoms with van der Waals surface area (Å²) in [6, 6.07) is 75.4. The first kappa shape index (κ1) is 38.5. The monoisotopic (exact) mass is 846 g/mol. The summed E-state index contributed by atoms with van der Waals surface area (Å²) in [7, 11) is 0. The van der Waals surface area contributed by atoms with Crippen LogP contribution in [0.5, 0.6) is 23.0 Å². The van der Waals surface area contributed by atoms with Gasteiger partial charge in [0, 0.05) is 44.2 Å². The van der Waals surface area contributed by atoms with Crippen LogP contribution < -0.4 is 9.47 Å². The number of hydrogen-bond donors (Lipinski definition) is 0. The average molecular weight is 847 g/mol. The van der Waals surface area contributed by atoms with Gasteiger partial charge in [0.1, 0.15) is 23.0 Å². The minimum atomic E-state index is -0.257. The molecule has 0 saturated carbocycles. The van der Waals surface area contributed by atoms with Crippen LogP contribution in [0.3, 0.4) is 0 Å². The van der Waals surface area contributed by atoms with Gasteiger partial charge in [0.15, 0.2) is 0 Å². The van der Waals surface area contributed by atoms with Crippen molar-refractivity contribution in [2.75, 3.05) is 0 Å². The van der Waals surface area contributed by atoms with Crippen molar-refractivity contribution in [2.45, 2.75) is 38.5 Å². The zero-order valence-electron chi connectivity index (χ0n) is 37.4. The van der Waals surface area contributed by atoms with Crippen molar-refractivity contribution in [1.82, 2.24) is 0 Å². The molecule has 0 radical (unpaired) electrons. The summed E-state index contributed by atoms with van der Waals surface area (Å²) in [4.78, 5) is 0. The van der Waals surface area contributed by atoms with E-state index in [0.717, 1.165) is 56.0 Å². The maximum absolute atomic E-state index is 7.01. The Balaban J connectivity index is 1.17. The molecule has 11 aromatic rings. The molecule has 0 aliphatic carbocycles. The number of fused-ring (bicyclic) bond motifs is 8. The van der Waals surface area contributed by atoms with Gasteiger partial charge in [-0.2, -0.15) is 0 Å². The second kappa shape index (κ2) is 14.3. The van der Waals surface area contributed by atoms with Crippen LogP contribution in [0.2, 0.25) is 0 Å². The summed E-state index contributed by atoms with van der Waals surface area (Å²) in [6.07, 6.45) is 0.